The monoisotopic (exact) mass is 413 g/mol. The van der Waals surface area contributed by atoms with Crippen molar-refractivity contribution in [3.8, 4) is 33.4 Å². The Morgan fingerprint density at radius 2 is 1.06 bits per heavy atom. The molecule has 0 bridgehead atoms. The van der Waals surface area contributed by atoms with Crippen molar-refractivity contribution in [2.45, 2.75) is 0 Å². The number of thiophene rings is 1. The van der Waals surface area contributed by atoms with E-state index in [1.165, 1.54) is 48.0 Å². The summed E-state index contributed by atoms with van der Waals surface area (Å²) in [4.78, 5) is 4.34. The highest BCUT2D eigenvalue weighted by atomic mass is 32.1. The molecule has 0 aliphatic heterocycles. The van der Waals surface area contributed by atoms with Gasteiger partial charge in [-0.3, -0.25) is 4.98 Å². The van der Waals surface area contributed by atoms with Crippen molar-refractivity contribution in [1.29, 1.82) is 0 Å². The van der Waals surface area contributed by atoms with E-state index in [0.29, 0.717) is 0 Å². The van der Waals surface area contributed by atoms with Crippen LogP contribution in [0.3, 0.4) is 0 Å². The molecule has 0 radical (unpaired) electrons. The fourth-order valence-corrected chi connectivity index (χ4v) is 5.73. The maximum absolute atomic E-state index is 4.34. The topological polar surface area (TPSA) is 12.9 Å². The van der Waals surface area contributed by atoms with Crippen molar-refractivity contribution >= 4 is 31.5 Å². The summed E-state index contributed by atoms with van der Waals surface area (Å²) in [5, 5.41) is 2.64. The number of hydrogen-bond acceptors (Lipinski definition) is 2. The Bertz CT molecular complexity index is 1510. The van der Waals surface area contributed by atoms with Crippen LogP contribution >= 0.6 is 11.3 Å². The maximum atomic E-state index is 4.34. The van der Waals surface area contributed by atoms with Crippen LogP contribution in [0.15, 0.2) is 116 Å². The standard InChI is InChI=1S/C29H19NS/c1-2-9-20(10-3-1)23-14-6-16-26-27-17-7-15-25(29(27)31-28(23)26)24-13-5-4-12-22(24)21-11-8-18-30-19-21/h1-19H. The summed E-state index contributed by atoms with van der Waals surface area (Å²) >= 11 is 1.89. The first-order chi connectivity index (χ1) is 15.4. The molecule has 2 aromatic heterocycles. The van der Waals surface area contributed by atoms with E-state index in [2.05, 4.69) is 102 Å². The molecule has 1 nitrogen and oxygen atoms in total. The Hall–Kier alpha value is -3.75. The van der Waals surface area contributed by atoms with E-state index in [4.69, 9.17) is 0 Å². The summed E-state index contributed by atoms with van der Waals surface area (Å²) in [6, 6.07) is 36.8. The van der Waals surface area contributed by atoms with E-state index in [9.17, 15) is 0 Å². The highest BCUT2D eigenvalue weighted by molar-refractivity contribution is 7.26. The Morgan fingerprint density at radius 1 is 0.452 bits per heavy atom. The molecule has 0 unspecified atom stereocenters. The average molecular weight is 414 g/mol. The van der Waals surface area contributed by atoms with Crippen molar-refractivity contribution in [2.24, 2.45) is 0 Å². The van der Waals surface area contributed by atoms with Gasteiger partial charge in [0.05, 0.1) is 0 Å². The molecule has 0 atom stereocenters. The van der Waals surface area contributed by atoms with Crippen molar-refractivity contribution in [2.75, 3.05) is 0 Å². The number of benzene rings is 4. The van der Waals surface area contributed by atoms with E-state index in [-0.39, 0.29) is 0 Å². The molecular formula is C29H19NS. The molecule has 2 heteroatoms. The summed E-state index contributed by atoms with van der Waals surface area (Å²) in [6.45, 7) is 0. The first kappa shape index (κ1) is 18.1. The van der Waals surface area contributed by atoms with Gasteiger partial charge in [-0.1, -0.05) is 97.1 Å². The fraction of sp³-hybridized carbons (Fsp3) is 0. The average Bonchev–Trinajstić information content (AvgIpc) is 3.24. The lowest BCUT2D eigenvalue weighted by Crippen LogP contribution is -1.85. The van der Waals surface area contributed by atoms with Crippen LogP contribution < -0.4 is 0 Å². The molecule has 146 valence electrons. The number of fused-ring (bicyclic) bond motifs is 3. The second kappa shape index (κ2) is 7.50. The van der Waals surface area contributed by atoms with Crippen LogP contribution in [0.2, 0.25) is 0 Å². The van der Waals surface area contributed by atoms with Crippen LogP contribution in [-0.2, 0) is 0 Å². The zero-order valence-electron chi connectivity index (χ0n) is 16.8. The Kier molecular flexibility index (Phi) is 4.37. The second-order valence-corrected chi connectivity index (χ2v) is 8.64. The summed E-state index contributed by atoms with van der Waals surface area (Å²) in [5.74, 6) is 0. The summed E-state index contributed by atoms with van der Waals surface area (Å²) < 4.78 is 2.67. The van der Waals surface area contributed by atoms with Gasteiger partial charge in [-0.2, -0.15) is 0 Å². The normalized spacial score (nSPS) is 11.2. The Morgan fingerprint density at radius 3 is 1.81 bits per heavy atom. The highest BCUT2D eigenvalue weighted by Gasteiger charge is 2.15. The minimum Gasteiger partial charge on any atom is -0.264 e. The largest absolute Gasteiger partial charge is 0.264 e. The molecule has 0 spiro atoms. The predicted octanol–water partition coefficient (Wildman–Crippen LogP) is 8.45. The molecule has 31 heavy (non-hydrogen) atoms. The van der Waals surface area contributed by atoms with E-state index in [0.717, 1.165) is 5.56 Å². The number of pyridine rings is 1. The van der Waals surface area contributed by atoms with Crippen LogP contribution in [0.5, 0.6) is 0 Å². The first-order valence-electron chi connectivity index (χ1n) is 10.4. The lowest BCUT2D eigenvalue weighted by atomic mass is 9.94. The van der Waals surface area contributed by atoms with Crippen LogP contribution in [0.1, 0.15) is 0 Å². The van der Waals surface area contributed by atoms with Crippen LogP contribution in [0.25, 0.3) is 53.6 Å². The van der Waals surface area contributed by atoms with Gasteiger partial charge < -0.3 is 0 Å². The molecule has 0 amide bonds. The highest BCUT2D eigenvalue weighted by Crippen LogP contribution is 2.45. The molecule has 0 aliphatic rings. The lowest BCUT2D eigenvalue weighted by molar-refractivity contribution is 1.33. The number of nitrogens with zero attached hydrogens (tertiary/aromatic N) is 1. The Labute approximate surface area is 185 Å². The minimum atomic E-state index is 1.14. The molecule has 0 fully saturated rings. The van der Waals surface area contributed by atoms with Gasteiger partial charge in [-0.15, -0.1) is 11.3 Å². The van der Waals surface area contributed by atoms with E-state index < -0.39 is 0 Å². The molecule has 0 saturated carbocycles. The van der Waals surface area contributed by atoms with E-state index >= 15 is 0 Å². The van der Waals surface area contributed by atoms with Gasteiger partial charge in [0, 0.05) is 43.7 Å². The van der Waals surface area contributed by atoms with Crippen molar-refractivity contribution in [1.82, 2.24) is 4.98 Å². The summed E-state index contributed by atoms with van der Waals surface area (Å²) in [7, 11) is 0. The molecule has 0 saturated heterocycles. The van der Waals surface area contributed by atoms with E-state index in [1.807, 2.05) is 29.8 Å². The predicted molar refractivity (Wildman–Crippen MR) is 133 cm³/mol. The molecule has 6 aromatic rings. The van der Waals surface area contributed by atoms with Crippen LogP contribution in [-0.4, -0.2) is 4.98 Å². The zero-order chi connectivity index (χ0) is 20.6. The third kappa shape index (κ3) is 3.04. The first-order valence-corrected chi connectivity index (χ1v) is 11.2. The molecular weight excluding hydrogens is 394 g/mol. The number of aromatic nitrogens is 1. The van der Waals surface area contributed by atoms with Crippen molar-refractivity contribution in [3.05, 3.63) is 116 Å². The Balaban J connectivity index is 1.64. The van der Waals surface area contributed by atoms with Gasteiger partial charge in [-0.05, 0) is 28.3 Å². The van der Waals surface area contributed by atoms with Gasteiger partial charge in [0.2, 0.25) is 0 Å². The number of hydrogen-bond donors (Lipinski definition) is 0. The third-order valence-corrected chi connectivity index (χ3v) is 7.09. The molecule has 0 N–H and O–H groups in total. The van der Waals surface area contributed by atoms with Crippen LogP contribution in [0.4, 0.5) is 0 Å². The third-order valence-electron chi connectivity index (χ3n) is 5.80. The van der Waals surface area contributed by atoms with Gasteiger partial charge in [-0.25, -0.2) is 0 Å². The van der Waals surface area contributed by atoms with Crippen molar-refractivity contribution in [3.63, 3.8) is 0 Å². The van der Waals surface area contributed by atoms with Gasteiger partial charge >= 0.3 is 0 Å². The second-order valence-electron chi connectivity index (χ2n) is 7.62. The molecule has 2 heterocycles. The molecule has 6 rings (SSSR count). The lowest BCUT2D eigenvalue weighted by Gasteiger charge is -2.10. The SMILES string of the molecule is c1ccc(-c2cccc3c2sc2c(-c4ccccc4-c4cccnc4)cccc23)cc1. The smallest absolute Gasteiger partial charge is 0.0434 e. The summed E-state index contributed by atoms with van der Waals surface area (Å²) in [6.07, 6.45) is 3.77. The van der Waals surface area contributed by atoms with Gasteiger partial charge in [0.25, 0.3) is 0 Å². The van der Waals surface area contributed by atoms with Gasteiger partial charge in [0.1, 0.15) is 0 Å². The molecule has 0 aliphatic carbocycles. The molecule has 4 aromatic carbocycles. The zero-order valence-corrected chi connectivity index (χ0v) is 17.6. The van der Waals surface area contributed by atoms with E-state index in [1.54, 1.807) is 0 Å². The maximum Gasteiger partial charge on any atom is 0.0434 e. The quantitative estimate of drug-likeness (QED) is 0.283. The fourth-order valence-electron chi connectivity index (χ4n) is 4.37. The van der Waals surface area contributed by atoms with Crippen LogP contribution in [0, 0.1) is 0 Å². The minimum absolute atomic E-state index is 1.14. The number of rotatable bonds is 3. The summed E-state index contributed by atoms with van der Waals surface area (Å²) in [5.41, 5.74) is 7.43. The van der Waals surface area contributed by atoms with Gasteiger partial charge in [0.15, 0.2) is 0 Å². The van der Waals surface area contributed by atoms with Crippen molar-refractivity contribution < 1.29 is 0 Å².